The quantitative estimate of drug-likeness (QED) is 0.569. The molecule has 0 unspecified atom stereocenters. The second kappa shape index (κ2) is 4.78. The second-order valence-corrected chi connectivity index (χ2v) is 3.51. The lowest BCUT2D eigenvalue weighted by Gasteiger charge is -2.23. The zero-order valence-corrected chi connectivity index (χ0v) is 8.18. The maximum absolute atomic E-state index is 5.34. The zero-order chi connectivity index (χ0) is 8.91. The van der Waals surface area contributed by atoms with Gasteiger partial charge in [-0.3, -0.25) is 0 Å². The SMILES string of the molecule is CCC(C)(C)O[B]OC(C)C. The van der Waals surface area contributed by atoms with Crippen LogP contribution in [0.4, 0.5) is 0 Å². The molecule has 0 N–H and O–H groups in total. The lowest BCUT2D eigenvalue weighted by molar-refractivity contribution is 0.0676. The summed E-state index contributed by atoms with van der Waals surface area (Å²) in [6, 6.07) is 0. The molecular weight excluding hydrogens is 139 g/mol. The minimum Gasteiger partial charge on any atom is -0.411 e. The van der Waals surface area contributed by atoms with Gasteiger partial charge in [-0.2, -0.15) is 0 Å². The molecule has 3 heteroatoms. The van der Waals surface area contributed by atoms with Gasteiger partial charge < -0.3 is 9.31 Å². The summed E-state index contributed by atoms with van der Waals surface area (Å²) in [5.41, 5.74) is -0.102. The van der Waals surface area contributed by atoms with Crippen LogP contribution < -0.4 is 0 Å². The summed E-state index contributed by atoms with van der Waals surface area (Å²) >= 11 is 0. The van der Waals surface area contributed by atoms with E-state index in [9.17, 15) is 0 Å². The first-order valence-corrected chi connectivity index (χ1v) is 4.13. The Balaban J connectivity index is 3.38. The number of hydrogen-bond donors (Lipinski definition) is 0. The van der Waals surface area contributed by atoms with Crippen molar-refractivity contribution in [1.29, 1.82) is 0 Å². The van der Waals surface area contributed by atoms with Crippen molar-refractivity contribution in [3.8, 4) is 0 Å². The van der Waals surface area contributed by atoms with Crippen molar-refractivity contribution in [2.24, 2.45) is 0 Å². The van der Waals surface area contributed by atoms with Gasteiger partial charge in [-0.1, -0.05) is 6.92 Å². The van der Waals surface area contributed by atoms with E-state index in [0.29, 0.717) is 0 Å². The third-order valence-corrected chi connectivity index (χ3v) is 1.55. The van der Waals surface area contributed by atoms with Crippen LogP contribution in [0.1, 0.15) is 41.0 Å². The van der Waals surface area contributed by atoms with Crippen molar-refractivity contribution in [1.82, 2.24) is 0 Å². The van der Waals surface area contributed by atoms with E-state index in [-0.39, 0.29) is 11.7 Å². The van der Waals surface area contributed by atoms with Gasteiger partial charge in [0.05, 0.1) is 0 Å². The Labute approximate surface area is 70.6 Å². The standard InChI is InChI=1S/C8H18BO2/c1-6-8(4,5)11-9-10-7(2)3/h7H,6H2,1-5H3. The Morgan fingerprint density at radius 2 is 1.91 bits per heavy atom. The van der Waals surface area contributed by atoms with E-state index in [1.54, 1.807) is 0 Å². The first-order valence-electron chi connectivity index (χ1n) is 4.13. The first kappa shape index (κ1) is 11.0. The molecule has 0 aliphatic rings. The van der Waals surface area contributed by atoms with Gasteiger partial charge in [0.1, 0.15) is 0 Å². The van der Waals surface area contributed by atoms with Crippen LogP contribution in [-0.4, -0.2) is 19.4 Å². The maximum atomic E-state index is 5.34. The molecule has 1 radical (unpaired) electrons. The molecule has 0 rings (SSSR count). The van der Waals surface area contributed by atoms with Crippen LogP contribution in [0.15, 0.2) is 0 Å². The predicted molar refractivity (Wildman–Crippen MR) is 47.4 cm³/mol. The summed E-state index contributed by atoms with van der Waals surface area (Å²) in [6.07, 6.45) is 1.17. The highest BCUT2D eigenvalue weighted by atomic mass is 16.6. The summed E-state index contributed by atoms with van der Waals surface area (Å²) in [4.78, 5) is 0. The molecule has 0 aliphatic carbocycles. The topological polar surface area (TPSA) is 18.5 Å². The normalized spacial score (nSPS) is 12.2. The Morgan fingerprint density at radius 1 is 1.36 bits per heavy atom. The van der Waals surface area contributed by atoms with E-state index in [1.807, 2.05) is 27.7 Å². The van der Waals surface area contributed by atoms with Crippen molar-refractivity contribution in [3.63, 3.8) is 0 Å². The van der Waals surface area contributed by atoms with Gasteiger partial charge in [0.25, 0.3) is 0 Å². The molecule has 0 spiro atoms. The van der Waals surface area contributed by atoms with Crippen molar-refractivity contribution in [2.75, 3.05) is 0 Å². The number of hydrogen-bond acceptors (Lipinski definition) is 2. The van der Waals surface area contributed by atoms with Crippen LogP contribution in [0, 0.1) is 0 Å². The van der Waals surface area contributed by atoms with E-state index in [0.717, 1.165) is 6.42 Å². The summed E-state index contributed by atoms with van der Waals surface area (Å²) in [6.45, 7) is 10.1. The summed E-state index contributed by atoms with van der Waals surface area (Å²) < 4.78 is 10.5. The average Bonchev–Trinajstić information content (AvgIpc) is 1.87. The lowest BCUT2D eigenvalue weighted by atomic mass is 10.1. The van der Waals surface area contributed by atoms with Gasteiger partial charge in [0.2, 0.25) is 0 Å². The van der Waals surface area contributed by atoms with Gasteiger partial charge in [-0.15, -0.1) is 0 Å². The van der Waals surface area contributed by atoms with E-state index in [1.165, 1.54) is 7.69 Å². The predicted octanol–water partition coefficient (Wildman–Crippen LogP) is 2.15. The van der Waals surface area contributed by atoms with Crippen molar-refractivity contribution < 1.29 is 9.31 Å². The molecular formula is C8H18BO2. The van der Waals surface area contributed by atoms with Gasteiger partial charge >= 0.3 is 7.69 Å². The Hall–Kier alpha value is -0.0151. The molecule has 0 aromatic heterocycles. The van der Waals surface area contributed by atoms with Crippen LogP contribution in [0.25, 0.3) is 0 Å². The van der Waals surface area contributed by atoms with E-state index >= 15 is 0 Å². The summed E-state index contributed by atoms with van der Waals surface area (Å²) in [5.74, 6) is 0. The van der Waals surface area contributed by atoms with Crippen LogP contribution in [0.3, 0.4) is 0 Å². The molecule has 0 atom stereocenters. The molecule has 0 amide bonds. The van der Waals surface area contributed by atoms with Gasteiger partial charge in [0, 0.05) is 11.7 Å². The van der Waals surface area contributed by atoms with E-state index in [2.05, 4.69) is 6.92 Å². The molecule has 0 saturated carbocycles. The molecule has 11 heavy (non-hydrogen) atoms. The minimum atomic E-state index is -0.102. The highest BCUT2D eigenvalue weighted by Gasteiger charge is 2.16. The van der Waals surface area contributed by atoms with Crippen LogP contribution in [-0.2, 0) is 9.31 Å². The monoisotopic (exact) mass is 157 g/mol. The molecule has 0 saturated heterocycles. The molecule has 0 heterocycles. The Morgan fingerprint density at radius 3 is 2.27 bits per heavy atom. The largest absolute Gasteiger partial charge is 0.488 e. The number of rotatable bonds is 5. The molecule has 0 aromatic rings. The molecule has 0 bridgehead atoms. The van der Waals surface area contributed by atoms with E-state index < -0.39 is 0 Å². The Kier molecular flexibility index (Phi) is 4.77. The Bertz CT molecular complexity index is 102. The van der Waals surface area contributed by atoms with Gasteiger partial charge in [-0.05, 0) is 34.1 Å². The van der Waals surface area contributed by atoms with Crippen molar-refractivity contribution in [2.45, 2.75) is 52.7 Å². The van der Waals surface area contributed by atoms with Crippen LogP contribution >= 0.6 is 0 Å². The maximum Gasteiger partial charge on any atom is 0.488 e. The smallest absolute Gasteiger partial charge is 0.411 e. The molecule has 65 valence electrons. The molecule has 2 nitrogen and oxygen atoms in total. The van der Waals surface area contributed by atoms with Crippen molar-refractivity contribution >= 4 is 7.69 Å². The summed E-state index contributed by atoms with van der Waals surface area (Å²) in [7, 11) is 1.44. The third-order valence-electron chi connectivity index (χ3n) is 1.55. The summed E-state index contributed by atoms with van der Waals surface area (Å²) in [5, 5.41) is 0. The van der Waals surface area contributed by atoms with Gasteiger partial charge in [-0.25, -0.2) is 0 Å². The fourth-order valence-corrected chi connectivity index (χ4v) is 0.352. The first-order chi connectivity index (χ1) is 4.98. The van der Waals surface area contributed by atoms with Gasteiger partial charge in [0.15, 0.2) is 0 Å². The lowest BCUT2D eigenvalue weighted by Crippen LogP contribution is -2.27. The third kappa shape index (κ3) is 6.39. The van der Waals surface area contributed by atoms with Crippen LogP contribution in [0.2, 0.25) is 0 Å². The fourth-order valence-electron chi connectivity index (χ4n) is 0.352. The highest BCUT2D eigenvalue weighted by Crippen LogP contribution is 2.12. The van der Waals surface area contributed by atoms with E-state index in [4.69, 9.17) is 9.31 Å². The zero-order valence-electron chi connectivity index (χ0n) is 8.18. The molecule has 0 aliphatic heterocycles. The minimum absolute atomic E-state index is 0.102. The average molecular weight is 157 g/mol. The highest BCUT2D eigenvalue weighted by molar-refractivity contribution is 6.18. The second-order valence-electron chi connectivity index (χ2n) is 3.51. The fraction of sp³-hybridized carbons (Fsp3) is 1.00. The molecule has 0 fully saturated rings. The molecule has 0 aromatic carbocycles. The van der Waals surface area contributed by atoms with Crippen molar-refractivity contribution in [3.05, 3.63) is 0 Å². The van der Waals surface area contributed by atoms with Crippen LogP contribution in [0.5, 0.6) is 0 Å².